The highest BCUT2D eigenvalue weighted by molar-refractivity contribution is 4.91. The van der Waals surface area contributed by atoms with Crippen LogP contribution in [-0.2, 0) is 13.5 Å². The van der Waals surface area contributed by atoms with Crippen molar-refractivity contribution in [3.8, 4) is 0 Å². The molecule has 114 valence electrons. The number of nitrogens with one attached hydrogen (secondary N) is 1. The van der Waals surface area contributed by atoms with Crippen molar-refractivity contribution in [3.05, 3.63) is 12.2 Å². The number of nitrogens with zero attached hydrogens (tertiary/aromatic N) is 3. The first kappa shape index (κ1) is 15.5. The summed E-state index contributed by atoms with van der Waals surface area (Å²) < 4.78 is 1.94. The maximum Gasteiger partial charge on any atom is 0.138 e. The van der Waals surface area contributed by atoms with E-state index >= 15 is 0 Å². The molecule has 1 aromatic rings. The molecule has 0 bridgehead atoms. The van der Waals surface area contributed by atoms with E-state index in [9.17, 15) is 0 Å². The summed E-state index contributed by atoms with van der Waals surface area (Å²) in [7, 11) is 2.01. The van der Waals surface area contributed by atoms with Crippen molar-refractivity contribution in [1.82, 2.24) is 20.1 Å². The molecule has 1 N–H and O–H groups in total. The molecule has 4 heteroatoms. The third kappa shape index (κ3) is 4.05. The van der Waals surface area contributed by atoms with Crippen LogP contribution in [-0.4, -0.2) is 27.9 Å². The van der Waals surface area contributed by atoms with Crippen molar-refractivity contribution in [2.24, 2.45) is 24.8 Å². The van der Waals surface area contributed by atoms with Crippen LogP contribution in [0.25, 0.3) is 0 Å². The van der Waals surface area contributed by atoms with E-state index in [1.54, 1.807) is 6.33 Å². The van der Waals surface area contributed by atoms with Crippen LogP contribution in [0, 0.1) is 17.8 Å². The van der Waals surface area contributed by atoms with Crippen molar-refractivity contribution < 1.29 is 0 Å². The Morgan fingerprint density at radius 2 is 2.15 bits per heavy atom. The van der Waals surface area contributed by atoms with Gasteiger partial charge in [0, 0.05) is 13.5 Å². The van der Waals surface area contributed by atoms with Crippen LogP contribution in [0.4, 0.5) is 0 Å². The van der Waals surface area contributed by atoms with Crippen LogP contribution >= 0.6 is 0 Å². The molecule has 1 aliphatic rings. The molecule has 2 rings (SSSR count). The Morgan fingerprint density at radius 3 is 2.80 bits per heavy atom. The normalized spacial score (nSPS) is 26.9. The van der Waals surface area contributed by atoms with Gasteiger partial charge in [-0.15, -0.1) is 0 Å². The molecular weight excluding hydrogens is 248 g/mol. The Morgan fingerprint density at radius 1 is 1.30 bits per heavy atom. The number of hydrogen-bond donors (Lipinski definition) is 1. The van der Waals surface area contributed by atoms with Crippen LogP contribution in [0.2, 0.25) is 0 Å². The smallest absolute Gasteiger partial charge is 0.138 e. The minimum atomic E-state index is 0.766. The fraction of sp³-hybridized carbons (Fsp3) is 0.875. The molecule has 0 spiro atoms. The average molecular weight is 278 g/mol. The van der Waals surface area contributed by atoms with Crippen LogP contribution in [0.15, 0.2) is 6.33 Å². The van der Waals surface area contributed by atoms with Crippen LogP contribution in [0.3, 0.4) is 0 Å². The Bertz CT molecular complexity index is 388. The van der Waals surface area contributed by atoms with Crippen molar-refractivity contribution in [3.63, 3.8) is 0 Å². The molecule has 3 unspecified atom stereocenters. The van der Waals surface area contributed by atoms with Gasteiger partial charge in [-0.1, -0.05) is 33.1 Å². The second kappa shape index (κ2) is 7.77. The summed E-state index contributed by atoms with van der Waals surface area (Å²) in [6, 6.07) is 0. The lowest BCUT2D eigenvalue weighted by Crippen LogP contribution is -2.34. The minimum Gasteiger partial charge on any atom is -0.317 e. The quantitative estimate of drug-likeness (QED) is 0.834. The highest BCUT2D eigenvalue weighted by Gasteiger charge is 2.30. The number of aryl methyl sites for hydroxylation is 1. The van der Waals surface area contributed by atoms with Gasteiger partial charge in [0.1, 0.15) is 12.2 Å². The summed E-state index contributed by atoms with van der Waals surface area (Å²) in [5.74, 6) is 3.65. The maximum absolute atomic E-state index is 4.43. The van der Waals surface area contributed by atoms with Gasteiger partial charge >= 0.3 is 0 Å². The number of rotatable bonds is 7. The second-order valence-corrected chi connectivity index (χ2v) is 6.30. The Hall–Kier alpha value is -0.900. The molecule has 1 aliphatic carbocycles. The molecule has 0 aromatic carbocycles. The zero-order valence-corrected chi connectivity index (χ0v) is 13.3. The standard InChI is InChI=1S/C16H30N4/c1-4-6-13-7-8-14(11-17-5-2)15(9-13)10-16-18-12-19-20(16)3/h12-15,17H,4-11H2,1-3H3. The van der Waals surface area contributed by atoms with Gasteiger partial charge in [-0.3, -0.25) is 4.68 Å². The summed E-state index contributed by atoms with van der Waals surface area (Å²) in [6.45, 7) is 6.74. The van der Waals surface area contributed by atoms with Crippen LogP contribution in [0.1, 0.15) is 51.8 Å². The number of hydrogen-bond acceptors (Lipinski definition) is 3. The molecule has 0 amide bonds. The summed E-state index contributed by atoms with van der Waals surface area (Å²) >= 11 is 0. The summed E-state index contributed by atoms with van der Waals surface area (Å²) in [5.41, 5.74) is 0. The Labute approximate surface area is 123 Å². The third-order valence-corrected chi connectivity index (χ3v) is 4.85. The first-order valence-corrected chi connectivity index (χ1v) is 8.28. The second-order valence-electron chi connectivity index (χ2n) is 6.30. The van der Waals surface area contributed by atoms with Gasteiger partial charge in [0.2, 0.25) is 0 Å². The topological polar surface area (TPSA) is 42.7 Å². The van der Waals surface area contributed by atoms with E-state index in [4.69, 9.17) is 0 Å². The van der Waals surface area contributed by atoms with E-state index in [-0.39, 0.29) is 0 Å². The predicted octanol–water partition coefficient (Wildman–Crippen LogP) is 2.80. The van der Waals surface area contributed by atoms with Gasteiger partial charge in [-0.25, -0.2) is 4.98 Å². The fourth-order valence-electron chi connectivity index (χ4n) is 3.68. The molecule has 1 heterocycles. The van der Waals surface area contributed by atoms with E-state index in [0.29, 0.717) is 0 Å². The lowest BCUT2D eigenvalue weighted by molar-refractivity contribution is 0.165. The Kier molecular flexibility index (Phi) is 6.02. The SMILES string of the molecule is CCCC1CCC(CNCC)C(Cc2ncnn2C)C1. The third-order valence-electron chi connectivity index (χ3n) is 4.85. The minimum absolute atomic E-state index is 0.766. The molecule has 1 saturated carbocycles. The number of aromatic nitrogens is 3. The highest BCUT2D eigenvalue weighted by atomic mass is 15.3. The maximum atomic E-state index is 4.43. The van der Waals surface area contributed by atoms with E-state index in [1.807, 2.05) is 11.7 Å². The summed E-state index contributed by atoms with van der Waals surface area (Å²) in [6.07, 6.45) is 9.65. The van der Waals surface area contributed by atoms with Gasteiger partial charge in [-0.2, -0.15) is 5.10 Å². The predicted molar refractivity (Wildman–Crippen MR) is 82.5 cm³/mol. The monoisotopic (exact) mass is 278 g/mol. The van der Waals surface area contributed by atoms with E-state index in [1.165, 1.54) is 32.1 Å². The summed E-state index contributed by atoms with van der Waals surface area (Å²) in [5, 5.41) is 7.76. The van der Waals surface area contributed by atoms with E-state index in [2.05, 4.69) is 29.2 Å². The average Bonchev–Trinajstić information content (AvgIpc) is 2.84. The van der Waals surface area contributed by atoms with Crippen molar-refractivity contribution in [2.75, 3.05) is 13.1 Å². The molecule has 0 aliphatic heterocycles. The van der Waals surface area contributed by atoms with Gasteiger partial charge in [-0.05, 0) is 43.7 Å². The van der Waals surface area contributed by atoms with Crippen LogP contribution in [0.5, 0.6) is 0 Å². The molecule has 0 saturated heterocycles. The zero-order valence-electron chi connectivity index (χ0n) is 13.3. The molecular formula is C16H30N4. The fourth-order valence-corrected chi connectivity index (χ4v) is 3.68. The van der Waals surface area contributed by atoms with Crippen molar-refractivity contribution >= 4 is 0 Å². The molecule has 20 heavy (non-hydrogen) atoms. The van der Waals surface area contributed by atoms with Gasteiger partial charge in [0.15, 0.2) is 0 Å². The van der Waals surface area contributed by atoms with E-state index < -0.39 is 0 Å². The van der Waals surface area contributed by atoms with Crippen molar-refractivity contribution in [2.45, 2.75) is 52.4 Å². The largest absolute Gasteiger partial charge is 0.317 e. The van der Waals surface area contributed by atoms with Gasteiger partial charge < -0.3 is 5.32 Å². The van der Waals surface area contributed by atoms with Gasteiger partial charge in [0.05, 0.1) is 0 Å². The lowest BCUT2D eigenvalue weighted by atomic mass is 9.71. The molecule has 0 radical (unpaired) electrons. The first-order valence-electron chi connectivity index (χ1n) is 8.28. The van der Waals surface area contributed by atoms with Crippen LogP contribution < -0.4 is 5.32 Å². The first-order chi connectivity index (χ1) is 9.74. The van der Waals surface area contributed by atoms with Gasteiger partial charge in [0.25, 0.3) is 0 Å². The highest BCUT2D eigenvalue weighted by Crippen LogP contribution is 2.37. The van der Waals surface area contributed by atoms with Crippen molar-refractivity contribution in [1.29, 1.82) is 0 Å². The molecule has 1 aromatic heterocycles. The van der Waals surface area contributed by atoms with E-state index in [0.717, 1.165) is 43.1 Å². The molecule has 1 fully saturated rings. The summed E-state index contributed by atoms with van der Waals surface area (Å²) in [4.78, 5) is 4.43. The molecule has 3 atom stereocenters. The Balaban J connectivity index is 1.99. The lowest BCUT2D eigenvalue weighted by Gasteiger charge is -2.36. The molecule has 4 nitrogen and oxygen atoms in total. The zero-order chi connectivity index (χ0) is 14.4.